The zero-order valence-corrected chi connectivity index (χ0v) is 10.6. The molecule has 3 nitrogen and oxygen atoms in total. The average Bonchev–Trinajstić information content (AvgIpc) is 2.21. The minimum absolute atomic E-state index is 1.28. The fourth-order valence-corrected chi connectivity index (χ4v) is 1.39. The van der Waals surface area contributed by atoms with Crippen LogP contribution in [0.2, 0.25) is 0 Å². The van der Waals surface area contributed by atoms with Gasteiger partial charge in [0.1, 0.15) is 0 Å². The Morgan fingerprint density at radius 3 is 1.88 bits per heavy atom. The first kappa shape index (κ1) is 17.4. The molecule has 0 unspecified atom stereocenters. The Bertz CT molecular complexity index is 161. The van der Waals surface area contributed by atoms with Gasteiger partial charge < -0.3 is 10.2 Å². The Hall–Kier alpha value is -0.990. The second-order valence-corrected chi connectivity index (χ2v) is 3.76. The monoisotopic (exact) mass is 230 g/mol. The molecule has 0 amide bonds. The van der Waals surface area contributed by atoms with Gasteiger partial charge in [0.25, 0.3) is 0 Å². The van der Waals surface area contributed by atoms with Gasteiger partial charge in [-0.2, -0.15) is 0 Å². The van der Waals surface area contributed by atoms with E-state index in [1.165, 1.54) is 51.4 Å². The summed E-state index contributed by atoms with van der Waals surface area (Å²) < 4.78 is 0. The first-order valence-electron chi connectivity index (χ1n) is 6.18. The van der Waals surface area contributed by atoms with Crippen LogP contribution < -0.4 is 0 Å². The highest BCUT2D eigenvalue weighted by atomic mass is 16.6. The molecule has 0 aromatic heterocycles. The predicted octanol–water partition coefficient (Wildman–Crippen LogP) is 4.93. The summed E-state index contributed by atoms with van der Waals surface area (Å²) in [4.78, 5) is 8.56. The van der Waals surface area contributed by atoms with Crippen LogP contribution in [0.15, 0.2) is 12.2 Å². The van der Waals surface area contributed by atoms with Crippen molar-refractivity contribution in [1.29, 1.82) is 0 Å². The molecule has 0 aliphatic heterocycles. The molecule has 0 aromatic carbocycles. The molecule has 0 spiro atoms. The van der Waals surface area contributed by atoms with E-state index in [0.29, 0.717) is 0 Å². The lowest BCUT2D eigenvalue weighted by molar-refractivity contribution is 0.137. The number of rotatable bonds is 8. The van der Waals surface area contributed by atoms with E-state index in [-0.39, 0.29) is 0 Å². The molecule has 0 heterocycles. The van der Waals surface area contributed by atoms with E-state index in [0.717, 1.165) is 0 Å². The number of allylic oxidation sites excluding steroid dienone is 2. The Labute approximate surface area is 99.2 Å². The van der Waals surface area contributed by atoms with Crippen LogP contribution in [0, 0.1) is 0 Å². The van der Waals surface area contributed by atoms with Crippen molar-refractivity contribution in [2.75, 3.05) is 0 Å². The molecular weight excluding hydrogens is 204 g/mol. The highest BCUT2D eigenvalue weighted by Gasteiger charge is 1.88. The zero-order chi connectivity index (χ0) is 12.6. The fraction of sp³-hybridized carbons (Fsp3) is 0.769. The van der Waals surface area contributed by atoms with E-state index in [1.807, 2.05) is 0 Å². The molecule has 0 fully saturated rings. The maximum Gasteiger partial charge on any atom is 0.503 e. The number of hydrogen-bond acceptors (Lipinski definition) is 1. The van der Waals surface area contributed by atoms with Crippen molar-refractivity contribution in [2.45, 2.75) is 65.2 Å². The van der Waals surface area contributed by atoms with E-state index >= 15 is 0 Å². The van der Waals surface area contributed by atoms with Crippen molar-refractivity contribution in [1.82, 2.24) is 0 Å². The molecule has 0 aliphatic carbocycles. The Morgan fingerprint density at radius 2 is 1.44 bits per heavy atom. The van der Waals surface area contributed by atoms with Crippen LogP contribution in [0.1, 0.15) is 65.2 Å². The number of unbranched alkanes of at least 4 members (excludes halogenated alkanes) is 7. The summed E-state index contributed by atoms with van der Waals surface area (Å²) in [6.45, 7) is 4.37. The second kappa shape index (κ2) is 16.4. The smallest absolute Gasteiger partial charge is 0.450 e. The van der Waals surface area contributed by atoms with Gasteiger partial charge in [0.2, 0.25) is 0 Å². The summed E-state index contributed by atoms with van der Waals surface area (Å²) in [5.74, 6) is 0. The minimum atomic E-state index is -1.83. The Balaban J connectivity index is 0. The van der Waals surface area contributed by atoms with Gasteiger partial charge in [-0.25, -0.2) is 4.79 Å². The summed E-state index contributed by atoms with van der Waals surface area (Å²) >= 11 is 0. The van der Waals surface area contributed by atoms with Crippen LogP contribution in [0.3, 0.4) is 0 Å². The van der Waals surface area contributed by atoms with E-state index < -0.39 is 6.16 Å². The lowest BCUT2D eigenvalue weighted by Gasteiger charge is -1.98. The lowest BCUT2D eigenvalue weighted by Crippen LogP contribution is -1.81. The van der Waals surface area contributed by atoms with Crippen molar-refractivity contribution in [3.63, 3.8) is 0 Å². The molecule has 0 aliphatic rings. The Morgan fingerprint density at radius 1 is 1.00 bits per heavy atom. The lowest BCUT2D eigenvalue weighted by atomic mass is 10.1. The first-order chi connectivity index (χ1) is 7.65. The molecule has 2 N–H and O–H groups in total. The quantitative estimate of drug-likeness (QED) is 0.459. The third-order valence-electron chi connectivity index (χ3n) is 2.21. The molecule has 0 bridgehead atoms. The molecule has 0 saturated heterocycles. The van der Waals surface area contributed by atoms with Gasteiger partial charge in [0.05, 0.1) is 0 Å². The molecule has 0 radical (unpaired) electrons. The highest BCUT2D eigenvalue weighted by molar-refractivity contribution is 5.53. The van der Waals surface area contributed by atoms with Gasteiger partial charge in [-0.05, 0) is 19.8 Å². The van der Waals surface area contributed by atoms with Crippen molar-refractivity contribution >= 4 is 6.16 Å². The van der Waals surface area contributed by atoms with E-state index in [2.05, 4.69) is 26.0 Å². The first-order valence-corrected chi connectivity index (χ1v) is 6.18. The average molecular weight is 230 g/mol. The van der Waals surface area contributed by atoms with Crippen LogP contribution in [-0.4, -0.2) is 16.4 Å². The third kappa shape index (κ3) is 29.2. The van der Waals surface area contributed by atoms with Crippen LogP contribution in [0.25, 0.3) is 0 Å². The van der Waals surface area contributed by atoms with Gasteiger partial charge in [0.15, 0.2) is 0 Å². The standard InChI is InChI=1S/C12H24.CH2O3/c1-3-5-7-9-11-12-10-8-6-4-2;2-1(3)4/h3,5H,4,6-12H2,1-2H3;(H2,2,3,4). The molecule has 0 aromatic rings. The van der Waals surface area contributed by atoms with Gasteiger partial charge in [-0.1, -0.05) is 57.6 Å². The van der Waals surface area contributed by atoms with Crippen LogP contribution in [0.5, 0.6) is 0 Å². The van der Waals surface area contributed by atoms with Crippen molar-refractivity contribution in [2.24, 2.45) is 0 Å². The van der Waals surface area contributed by atoms with Crippen molar-refractivity contribution < 1.29 is 15.0 Å². The fourth-order valence-electron chi connectivity index (χ4n) is 1.39. The second-order valence-electron chi connectivity index (χ2n) is 3.76. The maximum atomic E-state index is 8.56. The van der Waals surface area contributed by atoms with Gasteiger partial charge in [-0.15, -0.1) is 0 Å². The van der Waals surface area contributed by atoms with Gasteiger partial charge in [-0.3, -0.25) is 0 Å². The van der Waals surface area contributed by atoms with Gasteiger partial charge >= 0.3 is 6.16 Å². The highest BCUT2D eigenvalue weighted by Crippen LogP contribution is 2.08. The molecule has 0 saturated carbocycles. The summed E-state index contributed by atoms with van der Waals surface area (Å²) in [6, 6.07) is 0. The SMILES string of the molecule is CC=CCCCCCCCCC.O=C(O)O. The van der Waals surface area contributed by atoms with E-state index in [9.17, 15) is 0 Å². The molecule has 0 rings (SSSR count). The number of hydrogen-bond donors (Lipinski definition) is 2. The number of carbonyl (C=O) groups is 1. The maximum absolute atomic E-state index is 8.56. The topological polar surface area (TPSA) is 57.5 Å². The van der Waals surface area contributed by atoms with Crippen LogP contribution >= 0.6 is 0 Å². The summed E-state index contributed by atoms with van der Waals surface area (Å²) in [5, 5.41) is 13.9. The van der Waals surface area contributed by atoms with Crippen LogP contribution in [-0.2, 0) is 0 Å². The van der Waals surface area contributed by atoms with Crippen molar-refractivity contribution in [3.8, 4) is 0 Å². The van der Waals surface area contributed by atoms with E-state index in [1.54, 1.807) is 0 Å². The summed E-state index contributed by atoms with van der Waals surface area (Å²) in [6.07, 6.45) is 13.8. The van der Waals surface area contributed by atoms with Crippen molar-refractivity contribution in [3.05, 3.63) is 12.2 Å². The molecule has 96 valence electrons. The normalized spacial score (nSPS) is 9.88. The largest absolute Gasteiger partial charge is 0.503 e. The zero-order valence-electron chi connectivity index (χ0n) is 10.6. The van der Waals surface area contributed by atoms with Crippen LogP contribution in [0.4, 0.5) is 4.79 Å². The van der Waals surface area contributed by atoms with E-state index in [4.69, 9.17) is 15.0 Å². The summed E-state index contributed by atoms with van der Waals surface area (Å²) in [7, 11) is 0. The summed E-state index contributed by atoms with van der Waals surface area (Å²) in [5.41, 5.74) is 0. The number of carboxylic acid groups (broad SMARTS) is 2. The Kier molecular flexibility index (Phi) is 17.9. The molecule has 0 atom stereocenters. The molecular formula is C13H26O3. The molecule has 3 heteroatoms. The third-order valence-corrected chi connectivity index (χ3v) is 2.21. The minimum Gasteiger partial charge on any atom is -0.450 e. The molecule has 16 heavy (non-hydrogen) atoms. The van der Waals surface area contributed by atoms with Gasteiger partial charge in [0, 0.05) is 0 Å². The predicted molar refractivity (Wildman–Crippen MR) is 68.1 cm³/mol.